The second kappa shape index (κ2) is 4.25. The third kappa shape index (κ3) is 2.24. The Kier molecular flexibility index (Phi) is 2.90. The van der Waals surface area contributed by atoms with Gasteiger partial charge in [-0.3, -0.25) is 4.79 Å². The van der Waals surface area contributed by atoms with Crippen LogP contribution in [-0.2, 0) is 6.18 Å². The van der Waals surface area contributed by atoms with Crippen LogP contribution < -0.4 is 5.56 Å². The number of nitrogens with zero attached hydrogens (tertiary/aromatic N) is 2. The zero-order valence-electron chi connectivity index (χ0n) is 9.25. The van der Waals surface area contributed by atoms with E-state index in [9.17, 15) is 18.0 Å². The molecule has 18 heavy (non-hydrogen) atoms. The number of aromatic nitrogens is 3. The maximum absolute atomic E-state index is 12.6. The third-order valence-electron chi connectivity index (χ3n) is 2.35. The van der Waals surface area contributed by atoms with Gasteiger partial charge in [-0.25, -0.2) is 9.97 Å². The quantitative estimate of drug-likeness (QED) is 0.849. The maximum atomic E-state index is 12.6. The number of H-pyrrole nitrogens is 1. The summed E-state index contributed by atoms with van der Waals surface area (Å²) in [5, 5.41) is 0. The van der Waals surface area contributed by atoms with Crippen LogP contribution in [0.25, 0.3) is 11.4 Å². The van der Waals surface area contributed by atoms with Gasteiger partial charge in [0.1, 0.15) is 5.56 Å². The van der Waals surface area contributed by atoms with Gasteiger partial charge in [-0.2, -0.15) is 13.2 Å². The van der Waals surface area contributed by atoms with Crippen molar-refractivity contribution in [2.75, 3.05) is 0 Å². The van der Waals surface area contributed by atoms with Crippen LogP contribution in [-0.4, -0.2) is 15.0 Å². The molecule has 4 nitrogen and oxygen atoms in total. The van der Waals surface area contributed by atoms with Crippen LogP contribution in [0.2, 0.25) is 0 Å². The van der Waals surface area contributed by atoms with Crippen LogP contribution in [0.5, 0.6) is 0 Å². The predicted octanol–water partition coefficient (Wildman–Crippen LogP) is 2.16. The molecule has 0 amide bonds. The van der Waals surface area contributed by atoms with E-state index in [1.165, 1.54) is 19.3 Å². The molecule has 94 valence electrons. The Morgan fingerprint density at radius 3 is 2.39 bits per heavy atom. The van der Waals surface area contributed by atoms with Crippen LogP contribution in [0.1, 0.15) is 11.3 Å². The highest BCUT2D eigenvalue weighted by molar-refractivity contribution is 5.58. The average molecular weight is 255 g/mol. The van der Waals surface area contributed by atoms with Crippen LogP contribution in [0.3, 0.4) is 0 Å². The number of aromatic amines is 1. The number of alkyl halides is 3. The Balaban J connectivity index is 2.67. The molecular formula is C11H8F3N3O. The van der Waals surface area contributed by atoms with Gasteiger partial charge in [0.25, 0.3) is 5.56 Å². The number of rotatable bonds is 1. The molecule has 0 saturated heterocycles. The SMILES string of the molecule is Cc1[nH]c(=O)c(C(F)(F)F)cc1-c1ncccn1. The molecule has 2 aromatic heterocycles. The highest BCUT2D eigenvalue weighted by Gasteiger charge is 2.34. The number of pyridine rings is 1. The lowest BCUT2D eigenvalue weighted by Crippen LogP contribution is -2.22. The summed E-state index contributed by atoms with van der Waals surface area (Å²) in [4.78, 5) is 21.1. The Labute approximate surface area is 99.5 Å². The van der Waals surface area contributed by atoms with E-state index < -0.39 is 17.3 Å². The van der Waals surface area contributed by atoms with Gasteiger partial charge in [-0.1, -0.05) is 0 Å². The van der Waals surface area contributed by atoms with Gasteiger partial charge in [0.15, 0.2) is 5.82 Å². The van der Waals surface area contributed by atoms with E-state index in [4.69, 9.17) is 0 Å². The standard InChI is InChI=1S/C11H8F3N3O/c1-6-7(9-15-3-2-4-16-9)5-8(10(18)17-6)11(12,13)14/h2-5H,1H3,(H,17,18). The smallest absolute Gasteiger partial charge is 0.325 e. The number of aryl methyl sites for hydroxylation is 1. The van der Waals surface area contributed by atoms with Crippen LogP contribution in [0.15, 0.2) is 29.3 Å². The number of nitrogens with one attached hydrogen (secondary N) is 1. The second-order valence-corrected chi connectivity index (χ2v) is 3.62. The van der Waals surface area contributed by atoms with E-state index in [-0.39, 0.29) is 11.4 Å². The molecule has 0 saturated carbocycles. The Morgan fingerprint density at radius 2 is 1.83 bits per heavy atom. The molecule has 0 aliphatic carbocycles. The topological polar surface area (TPSA) is 58.6 Å². The largest absolute Gasteiger partial charge is 0.421 e. The molecule has 0 aliphatic heterocycles. The fraction of sp³-hybridized carbons (Fsp3) is 0.182. The minimum absolute atomic E-state index is 0.136. The van der Waals surface area contributed by atoms with Gasteiger partial charge >= 0.3 is 6.18 Å². The summed E-state index contributed by atoms with van der Waals surface area (Å²) < 4.78 is 37.8. The van der Waals surface area contributed by atoms with E-state index in [0.29, 0.717) is 5.69 Å². The van der Waals surface area contributed by atoms with E-state index >= 15 is 0 Å². The van der Waals surface area contributed by atoms with Crippen molar-refractivity contribution in [3.05, 3.63) is 46.1 Å². The minimum atomic E-state index is -4.70. The molecule has 2 heterocycles. The molecule has 0 aliphatic rings. The molecule has 0 radical (unpaired) electrons. The van der Waals surface area contributed by atoms with Crippen molar-refractivity contribution in [3.8, 4) is 11.4 Å². The summed E-state index contributed by atoms with van der Waals surface area (Å²) in [6, 6.07) is 2.32. The van der Waals surface area contributed by atoms with Crippen molar-refractivity contribution in [2.24, 2.45) is 0 Å². The van der Waals surface area contributed by atoms with Crippen molar-refractivity contribution in [1.29, 1.82) is 0 Å². The Hall–Kier alpha value is -2.18. The maximum Gasteiger partial charge on any atom is 0.421 e. The van der Waals surface area contributed by atoms with Crippen molar-refractivity contribution >= 4 is 0 Å². The molecule has 0 aromatic carbocycles. The van der Waals surface area contributed by atoms with Gasteiger partial charge < -0.3 is 4.98 Å². The summed E-state index contributed by atoms with van der Waals surface area (Å²) in [5.74, 6) is 0.136. The average Bonchev–Trinajstić information content (AvgIpc) is 2.28. The van der Waals surface area contributed by atoms with E-state index in [1.807, 2.05) is 0 Å². The van der Waals surface area contributed by atoms with Crippen molar-refractivity contribution in [2.45, 2.75) is 13.1 Å². The summed E-state index contributed by atoms with van der Waals surface area (Å²) in [7, 11) is 0. The van der Waals surface area contributed by atoms with Gasteiger partial charge in [0.05, 0.1) is 0 Å². The fourth-order valence-electron chi connectivity index (χ4n) is 1.50. The van der Waals surface area contributed by atoms with E-state index in [2.05, 4.69) is 15.0 Å². The molecule has 0 fully saturated rings. The minimum Gasteiger partial charge on any atom is -0.325 e. The molecule has 1 N–H and O–H groups in total. The highest BCUT2D eigenvalue weighted by Crippen LogP contribution is 2.29. The normalized spacial score (nSPS) is 11.6. The van der Waals surface area contributed by atoms with Crippen LogP contribution in [0.4, 0.5) is 13.2 Å². The summed E-state index contributed by atoms with van der Waals surface area (Å²) in [5.41, 5.74) is -1.98. The zero-order chi connectivity index (χ0) is 13.3. The van der Waals surface area contributed by atoms with Gasteiger partial charge in [0, 0.05) is 23.7 Å². The second-order valence-electron chi connectivity index (χ2n) is 3.62. The van der Waals surface area contributed by atoms with Crippen molar-refractivity contribution in [1.82, 2.24) is 15.0 Å². The van der Waals surface area contributed by atoms with Gasteiger partial charge in [-0.05, 0) is 19.1 Å². The van der Waals surface area contributed by atoms with Crippen LogP contribution >= 0.6 is 0 Å². The number of halogens is 3. The van der Waals surface area contributed by atoms with E-state index in [0.717, 1.165) is 6.07 Å². The Morgan fingerprint density at radius 1 is 1.22 bits per heavy atom. The first-order valence-electron chi connectivity index (χ1n) is 4.98. The van der Waals surface area contributed by atoms with Crippen molar-refractivity contribution in [3.63, 3.8) is 0 Å². The third-order valence-corrected chi connectivity index (χ3v) is 2.35. The zero-order valence-corrected chi connectivity index (χ0v) is 9.25. The van der Waals surface area contributed by atoms with Crippen LogP contribution in [0, 0.1) is 6.92 Å². The summed E-state index contributed by atoms with van der Waals surface area (Å²) in [6.45, 7) is 1.49. The first-order chi connectivity index (χ1) is 8.39. The lowest BCUT2D eigenvalue weighted by Gasteiger charge is -2.09. The number of hydrogen-bond acceptors (Lipinski definition) is 3. The first-order valence-corrected chi connectivity index (χ1v) is 4.98. The molecule has 2 rings (SSSR count). The molecular weight excluding hydrogens is 247 g/mol. The molecule has 0 spiro atoms. The lowest BCUT2D eigenvalue weighted by molar-refractivity contribution is -0.138. The molecule has 0 atom stereocenters. The number of hydrogen-bond donors (Lipinski definition) is 1. The molecule has 7 heteroatoms. The van der Waals surface area contributed by atoms with Gasteiger partial charge in [-0.15, -0.1) is 0 Å². The molecule has 0 bridgehead atoms. The monoisotopic (exact) mass is 255 g/mol. The Bertz CT molecular complexity index is 620. The van der Waals surface area contributed by atoms with Gasteiger partial charge in [0.2, 0.25) is 0 Å². The molecule has 0 unspecified atom stereocenters. The van der Waals surface area contributed by atoms with Crippen molar-refractivity contribution < 1.29 is 13.2 Å². The van der Waals surface area contributed by atoms with E-state index in [1.54, 1.807) is 6.07 Å². The summed E-state index contributed by atoms with van der Waals surface area (Å²) in [6.07, 6.45) is -1.87. The summed E-state index contributed by atoms with van der Waals surface area (Å²) >= 11 is 0. The lowest BCUT2D eigenvalue weighted by atomic mass is 10.1. The first kappa shape index (κ1) is 12.3. The molecule has 2 aromatic rings. The highest BCUT2D eigenvalue weighted by atomic mass is 19.4. The fourth-order valence-corrected chi connectivity index (χ4v) is 1.50. The predicted molar refractivity (Wildman–Crippen MR) is 57.8 cm³/mol.